The van der Waals surface area contributed by atoms with Crippen LogP contribution < -0.4 is 5.32 Å². The maximum atomic E-state index is 4.70. The van der Waals surface area contributed by atoms with Crippen LogP contribution in [0.5, 0.6) is 0 Å². The quantitative estimate of drug-likeness (QED) is 0.822. The fraction of sp³-hybridized carbons (Fsp3) is 0.500. The van der Waals surface area contributed by atoms with Crippen LogP contribution in [0.3, 0.4) is 0 Å². The molecule has 4 heteroatoms. The Morgan fingerprint density at radius 1 is 1.15 bits per heavy atom. The Morgan fingerprint density at radius 2 is 1.95 bits per heavy atom. The summed E-state index contributed by atoms with van der Waals surface area (Å²) in [6.07, 6.45) is 2.09. The van der Waals surface area contributed by atoms with E-state index in [0.29, 0.717) is 0 Å². The number of nitrogens with one attached hydrogen (secondary N) is 1. The molecule has 0 fully saturated rings. The molecule has 0 aliphatic carbocycles. The first-order valence-electron chi connectivity index (χ1n) is 7.38. The molecule has 0 atom stereocenters. The predicted octanol–water partition coefficient (Wildman–Crippen LogP) is 2.95. The first-order valence-corrected chi connectivity index (χ1v) is 7.38. The molecule has 108 valence electrons. The number of pyridine rings is 1. The lowest BCUT2D eigenvalue weighted by Gasteiger charge is -2.10. The van der Waals surface area contributed by atoms with E-state index in [4.69, 9.17) is 4.98 Å². The Labute approximate surface area is 121 Å². The molecule has 2 aromatic rings. The lowest BCUT2D eigenvalue weighted by Crippen LogP contribution is -2.15. The molecule has 0 saturated heterocycles. The summed E-state index contributed by atoms with van der Waals surface area (Å²) in [5.74, 6) is 0.920. The summed E-state index contributed by atoms with van der Waals surface area (Å²) < 4.78 is 1.93. The van der Waals surface area contributed by atoms with Crippen molar-refractivity contribution in [2.24, 2.45) is 0 Å². The van der Waals surface area contributed by atoms with Gasteiger partial charge in [-0.05, 0) is 57.0 Å². The highest BCUT2D eigenvalue weighted by atomic mass is 15.3. The van der Waals surface area contributed by atoms with E-state index in [1.54, 1.807) is 0 Å². The molecule has 0 amide bonds. The van der Waals surface area contributed by atoms with Crippen molar-refractivity contribution in [1.82, 2.24) is 20.1 Å². The van der Waals surface area contributed by atoms with Crippen molar-refractivity contribution >= 4 is 0 Å². The van der Waals surface area contributed by atoms with Crippen LogP contribution in [-0.4, -0.2) is 21.3 Å². The molecule has 1 N–H and O–H groups in total. The number of hydrogen-bond acceptors (Lipinski definition) is 3. The predicted molar refractivity (Wildman–Crippen MR) is 82.2 cm³/mol. The third-order valence-electron chi connectivity index (χ3n) is 3.27. The number of aryl methyl sites for hydroxylation is 3. The molecule has 0 aliphatic rings. The molecule has 0 unspecified atom stereocenters. The van der Waals surface area contributed by atoms with Gasteiger partial charge in [0.25, 0.3) is 0 Å². The van der Waals surface area contributed by atoms with Crippen molar-refractivity contribution in [1.29, 1.82) is 0 Å². The second kappa shape index (κ2) is 6.66. The van der Waals surface area contributed by atoms with E-state index in [2.05, 4.69) is 49.4 Å². The van der Waals surface area contributed by atoms with Crippen LogP contribution >= 0.6 is 0 Å². The molecule has 2 heterocycles. The van der Waals surface area contributed by atoms with Gasteiger partial charge in [-0.25, -0.2) is 9.67 Å². The Bertz CT molecular complexity index is 572. The summed E-state index contributed by atoms with van der Waals surface area (Å²) in [5, 5.41) is 7.97. The fourth-order valence-electron chi connectivity index (χ4n) is 2.30. The third-order valence-corrected chi connectivity index (χ3v) is 3.27. The van der Waals surface area contributed by atoms with Gasteiger partial charge < -0.3 is 5.32 Å². The summed E-state index contributed by atoms with van der Waals surface area (Å²) in [6.45, 7) is 10.3. The van der Waals surface area contributed by atoms with Gasteiger partial charge in [0.15, 0.2) is 5.82 Å². The molecule has 0 aromatic carbocycles. The Balaban J connectivity index is 2.32. The van der Waals surface area contributed by atoms with Gasteiger partial charge in [0, 0.05) is 17.9 Å². The van der Waals surface area contributed by atoms with Crippen LogP contribution in [0.1, 0.15) is 42.9 Å². The summed E-state index contributed by atoms with van der Waals surface area (Å²) in [4.78, 5) is 4.70. The molecule has 0 aliphatic heterocycles. The minimum absolute atomic E-state index is 0.885. The van der Waals surface area contributed by atoms with Crippen molar-refractivity contribution < 1.29 is 0 Å². The summed E-state index contributed by atoms with van der Waals surface area (Å²) in [7, 11) is 0. The molecule has 2 aromatic heterocycles. The van der Waals surface area contributed by atoms with E-state index < -0.39 is 0 Å². The highest BCUT2D eigenvalue weighted by Crippen LogP contribution is 2.14. The van der Waals surface area contributed by atoms with Gasteiger partial charge >= 0.3 is 0 Å². The minimum Gasteiger partial charge on any atom is -0.313 e. The maximum absolute atomic E-state index is 4.70. The van der Waals surface area contributed by atoms with E-state index in [1.807, 2.05) is 11.6 Å². The molecule has 4 nitrogen and oxygen atoms in total. The Morgan fingerprint density at radius 3 is 2.55 bits per heavy atom. The second-order valence-electron chi connectivity index (χ2n) is 5.19. The number of hydrogen-bond donors (Lipinski definition) is 1. The lowest BCUT2D eigenvalue weighted by atomic mass is 10.2. The van der Waals surface area contributed by atoms with Crippen molar-refractivity contribution in [2.75, 3.05) is 6.54 Å². The molecule has 20 heavy (non-hydrogen) atoms. The monoisotopic (exact) mass is 272 g/mol. The van der Waals surface area contributed by atoms with Gasteiger partial charge in [0.2, 0.25) is 0 Å². The topological polar surface area (TPSA) is 42.7 Å². The van der Waals surface area contributed by atoms with E-state index in [9.17, 15) is 0 Å². The first-order chi connectivity index (χ1) is 9.63. The molecule has 0 bridgehead atoms. The van der Waals surface area contributed by atoms with Crippen molar-refractivity contribution in [3.63, 3.8) is 0 Å². The van der Waals surface area contributed by atoms with Crippen LogP contribution in [-0.2, 0) is 13.0 Å². The van der Waals surface area contributed by atoms with Crippen molar-refractivity contribution in [3.05, 3.63) is 40.8 Å². The first kappa shape index (κ1) is 14.7. The average Bonchev–Trinajstić information content (AvgIpc) is 2.77. The van der Waals surface area contributed by atoms with Crippen LogP contribution in [0, 0.1) is 13.8 Å². The molecule has 0 saturated carbocycles. The standard InChI is InChI=1S/C16H24N4/c1-5-7-17-11-14-9-15(6-2)18-16(10-14)20-13(4)8-12(3)19-20/h8-10,17H,5-7,11H2,1-4H3. The molecule has 0 radical (unpaired) electrons. The third kappa shape index (κ3) is 3.45. The zero-order chi connectivity index (χ0) is 14.5. The number of aromatic nitrogens is 3. The van der Waals surface area contributed by atoms with Crippen LogP contribution in [0.15, 0.2) is 18.2 Å². The SMILES string of the molecule is CCCNCc1cc(CC)nc(-n2nc(C)cc2C)c1. The van der Waals surface area contributed by atoms with Gasteiger partial charge in [0.1, 0.15) is 0 Å². The summed E-state index contributed by atoms with van der Waals surface area (Å²) in [5.41, 5.74) is 4.53. The highest BCUT2D eigenvalue weighted by Gasteiger charge is 2.08. The largest absolute Gasteiger partial charge is 0.313 e. The van der Waals surface area contributed by atoms with E-state index in [0.717, 1.165) is 48.8 Å². The average molecular weight is 272 g/mol. The highest BCUT2D eigenvalue weighted by molar-refractivity contribution is 5.32. The fourth-order valence-corrected chi connectivity index (χ4v) is 2.30. The lowest BCUT2D eigenvalue weighted by molar-refractivity contribution is 0.672. The van der Waals surface area contributed by atoms with Gasteiger partial charge in [-0.3, -0.25) is 0 Å². The minimum atomic E-state index is 0.885. The zero-order valence-electron chi connectivity index (χ0n) is 12.9. The Kier molecular flexibility index (Phi) is 4.90. The van der Waals surface area contributed by atoms with Crippen LogP contribution in [0.4, 0.5) is 0 Å². The van der Waals surface area contributed by atoms with Crippen molar-refractivity contribution in [3.8, 4) is 5.82 Å². The van der Waals surface area contributed by atoms with E-state index in [-0.39, 0.29) is 0 Å². The smallest absolute Gasteiger partial charge is 0.154 e. The van der Waals surface area contributed by atoms with Gasteiger partial charge in [-0.1, -0.05) is 13.8 Å². The van der Waals surface area contributed by atoms with E-state index >= 15 is 0 Å². The molecule has 0 spiro atoms. The van der Waals surface area contributed by atoms with Crippen LogP contribution in [0.25, 0.3) is 5.82 Å². The van der Waals surface area contributed by atoms with Gasteiger partial charge in [-0.15, -0.1) is 0 Å². The van der Waals surface area contributed by atoms with Gasteiger partial charge in [-0.2, -0.15) is 5.10 Å². The second-order valence-corrected chi connectivity index (χ2v) is 5.19. The van der Waals surface area contributed by atoms with Crippen molar-refractivity contribution in [2.45, 2.75) is 47.1 Å². The Hall–Kier alpha value is -1.68. The maximum Gasteiger partial charge on any atom is 0.154 e. The normalized spacial score (nSPS) is 11.0. The number of nitrogens with zero attached hydrogens (tertiary/aromatic N) is 3. The molecular formula is C16H24N4. The summed E-state index contributed by atoms with van der Waals surface area (Å²) >= 11 is 0. The van der Waals surface area contributed by atoms with Gasteiger partial charge in [0.05, 0.1) is 5.69 Å². The molecule has 2 rings (SSSR count). The van der Waals surface area contributed by atoms with Crippen LogP contribution in [0.2, 0.25) is 0 Å². The summed E-state index contributed by atoms with van der Waals surface area (Å²) in [6, 6.07) is 6.38. The zero-order valence-corrected chi connectivity index (χ0v) is 12.9. The number of rotatable bonds is 6. The molecular weight excluding hydrogens is 248 g/mol. The van der Waals surface area contributed by atoms with E-state index in [1.165, 1.54) is 5.56 Å².